The maximum absolute atomic E-state index is 12.2. The normalized spacial score (nSPS) is 10.3. The predicted molar refractivity (Wildman–Crippen MR) is 88.2 cm³/mol. The Morgan fingerprint density at radius 1 is 1.13 bits per heavy atom. The fourth-order valence-electron chi connectivity index (χ4n) is 1.89. The van der Waals surface area contributed by atoms with Crippen LogP contribution < -0.4 is 16.3 Å². The highest BCUT2D eigenvalue weighted by Gasteiger charge is 2.15. The van der Waals surface area contributed by atoms with E-state index in [1.165, 1.54) is 18.5 Å². The summed E-state index contributed by atoms with van der Waals surface area (Å²) < 4.78 is 5.11. The van der Waals surface area contributed by atoms with E-state index in [4.69, 9.17) is 16.6 Å². The lowest BCUT2D eigenvalue weighted by molar-refractivity contribution is 0.0974. The van der Waals surface area contributed by atoms with Crippen molar-refractivity contribution in [1.29, 1.82) is 0 Å². The van der Waals surface area contributed by atoms with Gasteiger partial charge in [-0.1, -0.05) is 18.2 Å². The van der Waals surface area contributed by atoms with Gasteiger partial charge < -0.3 is 9.73 Å². The van der Waals surface area contributed by atoms with Crippen molar-refractivity contribution in [3.63, 3.8) is 0 Å². The Hall–Kier alpha value is -3.13. The maximum atomic E-state index is 12.2. The van der Waals surface area contributed by atoms with Crippen LogP contribution in [-0.2, 0) is 0 Å². The maximum Gasteiger partial charge on any atom is 0.349 e. The van der Waals surface area contributed by atoms with Crippen LogP contribution in [0.15, 0.2) is 58.0 Å². The molecule has 1 amide bonds. The predicted octanol–water partition coefficient (Wildman–Crippen LogP) is 1.71. The third kappa shape index (κ3) is 3.38. The molecular formula is C15H10N4O3S. The molecule has 7 nitrogen and oxygen atoms in total. The lowest BCUT2D eigenvalue weighted by atomic mass is 10.2. The Labute approximate surface area is 135 Å². The molecule has 0 radical (unpaired) electrons. The SMILES string of the molecule is O=C(NC(=S)Nc1ncccn1)c1cc2ccccc2oc1=O. The van der Waals surface area contributed by atoms with Gasteiger partial charge in [0.2, 0.25) is 5.95 Å². The van der Waals surface area contributed by atoms with Crippen LogP contribution in [0.1, 0.15) is 10.4 Å². The molecule has 0 fully saturated rings. The zero-order chi connectivity index (χ0) is 16.2. The summed E-state index contributed by atoms with van der Waals surface area (Å²) in [4.78, 5) is 31.9. The molecule has 0 atom stereocenters. The van der Waals surface area contributed by atoms with Crippen molar-refractivity contribution in [2.24, 2.45) is 0 Å². The molecule has 8 heteroatoms. The van der Waals surface area contributed by atoms with Crippen molar-refractivity contribution in [2.45, 2.75) is 0 Å². The van der Waals surface area contributed by atoms with Crippen LogP contribution in [0.3, 0.4) is 0 Å². The molecule has 23 heavy (non-hydrogen) atoms. The lowest BCUT2D eigenvalue weighted by Crippen LogP contribution is -2.36. The lowest BCUT2D eigenvalue weighted by Gasteiger charge is -2.07. The Kier molecular flexibility index (Phi) is 4.07. The number of carbonyl (C=O) groups is 1. The van der Waals surface area contributed by atoms with Crippen molar-refractivity contribution < 1.29 is 9.21 Å². The number of anilines is 1. The molecule has 2 heterocycles. The summed E-state index contributed by atoms with van der Waals surface area (Å²) >= 11 is 5.00. The second kappa shape index (κ2) is 6.32. The van der Waals surface area contributed by atoms with Gasteiger partial charge in [-0.25, -0.2) is 14.8 Å². The van der Waals surface area contributed by atoms with E-state index in [1.54, 1.807) is 30.3 Å². The summed E-state index contributed by atoms with van der Waals surface area (Å²) in [6.07, 6.45) is 3.05. The zero-order valence-electron chi connectivity index (χ0n) is 11.6. The molecule has 0 aliphatic heterocycles. The molecule has 114 valence electrons. The molecule has 3 aromatic rings. The van der Waals surface area contributed by atoms with Crippen molar-refractivity contribution >= 4 is 40.2 Å². The number of aromatic nitrogens is 2. The molecule has 3 rings (SSSR count). The fourth-order valence-corrected chi connectivity index (χ4v) is 2.07. The molecule has 0 saturated carbocycles. The Bertz CT molecular complexity index is 940. The van der Waals surface area contributed by atoms with Gasteiger partial charge in [-0.3, -0.25) is 10.1 Å². The number of nitrogens with one attached hydrogen (secondary N) is 2. The second-order valence-electron chi connectivity index (χ2n) is 4.47. The summed E-state index contributed by atoms with van der Waals surface area (Å²) in [7, 11) is 0. The third-order valence-corrected chi connectivity index (χ3v) is 3.11. The van der Waals surface area contributed by atoms with Gasteiger partial charge in [0, 0.05) is 17.8 Å². The van der Waals surface area contributed by atoms with Gasteiger partial charge in [0.05, 0.1) is 0 Å². The van der Waals surface area contributed by atoms with Crippen LogP contribution in [0.5, 0.6) is 0 Å². The number of nitrogens with zero attached hydrogens (tertiary/aromatic N) is 2. The number of hydrogen-bond acceptors (Lipinski definition) is 6. The van der Waals surface area contributed by atoms with Crippen LogP contribution in [0.2, 0.25) is 0 Å². The van der Waals surface area contributed by atoms with Crippen molar-refractivity contribution in [2.75, 3.05) is 5.32 Å². The van der Waals surface area contributed by atoms with E-state index in [2.05, 4.69) is 20.6 Å². The smallest absolute Gasteiger partial charge is 0.349 e. The molecule has 0 aliphatic carbocycles. The zero-order valence-corrected chi connectivity index (χ0v) is 12.5. The average molecular weight is 326 g/mol. The molecule has 1 aromatic carbocycles. The highest BCUT2D eigenvalue weighted by molar-refractivity contribution is 7.80. The summed E-state index contributed by atoms with van der Waals surface area (Å²) in [5.74, 6) is -0.429. The minimum Gasteiger partial charge on any atom is -0.422 e. The number of rotatable bonds is 2. The topological polar surface area (TPSA) is 97.1 Å². The number of benzene rings is 1. The van der Waals surface area contributed by atoms with Crippen molar-refractivity contribution in [3.8, 4) is 0 Å². The highest BCUT2D eigenvalue weighted by atomic mass is 32.1. The molecule has 0 bridgehead atoms. The first-order valence-electron chi connectivity index (χ1n) is 6.56. The molecule has 2 aromatic heterocycles. The van der Waals surface area contributed by atoms with Crippen LogP contribution in [0.25, 0.3) is 11.0 Å². The van der Waals surface area contributed by atoms with E-state index < -0.39 is 11.5 Å². The van der Waals surface area contributed by atoms with Crippen LogP contribution in [0.4, 0.5) is 5.95 Å². The molecule has 0 aliphatic rings. The van der Waals surface area contributed by atoms with Gasteiger partial charge in [-0.15, -0.1) is 0 Å². The largest absolute Gasteiger partial charge is 0.422 e. The van der Waals surface area contributed by atoms with E-state index in [-0.39, 0.29) is 16.6 Å². The molecule has 0 unspecified atom stereocenters. The molecule has 0 saturated heterocycles. The minimum atomic E-state index is -0.736. The Morgan fingerprint density at radius 2 is 1.87 bits per heavy atom. The molecule has 0 spiro atoms. The van der Waals surface area contributed by atoms with Gasteiger partial charge in [0.15, 0.2) is 5.11 Å². The van der Waals surface area contributed by atoms with Crippen LogP contribution in [0, 0.1) is 0 Å². The first-order chi connectivity index (χ1) is 11.1. The van der Waals surface area contributed by atoms with Gasteiger partial charge in [0.25, 0.3) is 5.91 Å². The standard InChI is InChI=1S/C15H10N4O3S/c20-12(18-15(23)19-14-16-6-3-7-17-14)10-8-9-4-1-2-5-11(9)22-13(10)21/h1-8H,(H2,16,17,18,19,20,23). The third-order valence-electron chi connectivity index (χ3n) is 2.90. The van der Waals surface area contributed by atoms with E-state index in [0.717, 1.165) is 0 Å². The van der Waals surface area contributed by atoms with E-state index in [9.17, 15) is 9.59 Å². The van der Waals surface area contributed by atoms with Gasteiger partial charge >= 0.3 is 5.63 Å². The summed E-state index contributed by atoms with van der Waals surface area (Å²) in [6.45, 7) is 0. The quantitative estimate of drug-likeness (QED) is 0.546. The number of carbonyl (C=O) groups excluding carboxylic acids is 1. The Morgan fingerprint density at radius 3 is 2.65 bits per heavy atom. The van der Waals surface area contributed by atoms with E-state index in [0.29, 0.717) is 11.0 Å². The first kappa shape index (κ1) is 14.8. The van der Waals surface area contributed by atoms with Crippen molar-refractivity contribution in [1.82, 2.24) is 15.3 Å². The first-order valence-corrected chi connectivity index (χ1v) is 6.96. The van der Waals surface area contributed by atoms with Gasteiger partial charge in [-0.2, -0.15) is 0 Å². The number of para-hydroxylation sites is 1. The minimum absolute atomic E-state index is 0.0197. The molecular weight excluding hydrogens is 316 g/mol. The average Bonchev–Trinajstić information content (AvgIpc) is 2.55. The monoisotopic (exact) mass is 326 g/mol. The highest BCUT2D eigenvalue weighted by Crippen LogP contribution is 2.12. The number of thiocarbonyl (C=S) groups is 1. The fraction of sp³-hybridized carbons (Fsp3) is 0. The summed E-state index contributed by atoms with van der Waals surface area (Å²) in [6, 6.07) is 10.0. The van der Waals surface area contributed by atoms with Crippen LogP contribution >= 0.6 is 12.2 Å². The molecule has 2 N–H and O–H groups in total. The number of amides is 1. The number of fused-ring (bicyclic) bond motifs is 1. The number of hydrogen-bond donors (Lipinski definition) is 2. The summed E-state index contributed by atoms with van der Waals surface area (Å²) in [5.41, 5.74) is -0.464. The van der Waals surface area contributed by atoms with E-state index >= 15 is 0 Å². The van der Waals surface area contributed by atoms with Crippen LogP contribution in [-0.4, -0.2) is 21.0 Å². The Balaban J connectivity index is 1.79. The summed E-state index contributed by atoms with van der Waals surface area (Å²) in [5, 5.41) is 5.66. The second-order valence-corrected chi connectivity index (χ2v) is 4.87. The van der Waals surface area contributed by atoms with E-state index in [1.807, 2.05) is 0 Å². The van der Waals surface area contributed by atoms with Crippen molar-refractivity contribution in [3.05, 3.63) is 64.8 Å². The van der Waals surface area contributed by atoms with Gasteiger partial charge in [0.1, 0.15) is 11.1 Å². The van der Waals surface area contributed by atoms with Gasteiger partial charge in [-0.05, 0) is 30.4 Å².